The lowest BCUT2D eigenvalue weighted by Gasteiger charge is -2.22. The number of aromatic carboxylic acids is 1. The maximum Gasteiger partial charge on any atom is 0.336 e. The smallest absolute Gasteiger partial charge is 0.336 e. The van der Waals surface area contributed by atoms with Crippen molar-refractivity contribution in [1.29, 1.82) is 0 Å². The Bertz CT molecular complexity index is 577. The van der Waals surface area contributed by atoms with Crippen LogP contribution in [0.1, 0.15) is 36.7 Å². The first-order valence-corrected chi connectivity index (χ1v) is 5.67. The van der Waals surface area contributed by atoms with Gasteiger partial charge in [0.2, 0.25) is 0 Å². The number of benzene rings is 2. The van der Waals surface area contributed by atoms with Crippen LogP contribution < -0.4 is 0 Å². The molecule has 0 aliphatic heterocycles. The van der Waals surface area contributed by atoms with Gasteiger partial charge in [-0.15, -0.1) is 0 Å². The molecule has 0 spiro atoms. The van der Waals surface area contributed by atoms with Gasteiger partial charge < -0.3 is 5.11 Å². The summed E-state index contributed by atoms with van der Waals surface area (Å²) in [6, 6.07) is 11.3. The summed E-state index contributed by atoms with van der Waals surface area (Å²) in [5.41, 5.74) is 1.56. The number of hydrogen-bond acceptors (Lipinski definition) is 1. The average molecular weight is 228 g/mol. The largest absolute Gasteiger partial charge is 0.478 e. The minimum atomic E-state index is -0.873. The van der Waals surface area contributed by atoms with Crippen molar-refractivity contribution < 1.29 is 9.90 Å². The first kappa shape index (κ1) is 11.6. The molecule has 0 heterocycles. The van der Waals surface area contributed by atoms with Gasteiger partial charge in [0.15, 0.2) is 0 Å². The van der Waals surface area contributed by atoms with Crippen molar-refractivity contribution in [2.24, 2.45) is 0 Å². The lowest BCUT2D eigenvalue weighted by molar-refractivity contribution is 0.0699. The van der Waals surface area contributed by atoms with E-state index in [0.717, 1.165) is 10.8 Å². The van der Waals surface area contributed by atoms with Gasteiger partial charge in [-0.3, -0.25) is 0 Å². The zero-order valence-electron chi connectivity index (χ0n) is 10.3. The fourth-order valence-electron chi connectivity index (χ4n) is 2.14. The van der Waals surface area contributed by atoms with Crippen molar-refractivity contribution >= 4 is 16.7 Å². The van der Waals surface area contributed by atoms with Crippen molar-refractivity contribution in [2.75, 3.05) is 0 Å². The molecule has 0 unspecified atom stereocenters. The second kappa shape index (κ2) is 3.88. The van der Waals surface area contributed by atoms with Crippen LogP contribution >= 0.6 is 0 Å². The summed E-state index contributed by atoms with van der Waals surface area (Å²) >= 11 is 0. The first-order valence-electron chi connectivity index (χ1n) is 5.67. The van der Waals surface area contributed by atoms with Crippen LogP contribution in [0.5, 0.6) is 0 Å². The third-order valence-corrected chi connectivity index (χ3v) is 2.96. The molecule has 0 aliphatic rings. The molecule has 0 fully saturated rings. The number of rotatable bonds is 1. The van der Waals surface area contributed by atoms with Gasteiger partial charge in [0.25, 0.3) is 0 Å². The Morgan fingerprint density at radius 3 is 2.12 bits per heavy atom. The number of carboxylic acid groups (broad SMARTS) is 1. The molecule has 2 nitrogen and oxygen atoms in total. The Morgan fingerprint density at radius 2 is 1.59 bits per heavy atom. The molecule has 0 saturated heterocycles. The molecular formula is C15H16O2. The summed E-state index contributed by atoms with van der Waals surface area (Å²) < 4.78 is 0. The van der Waals surface area contributed by atoms with E-state index in [1.54, 1.807) is 6.07 Å². The highest BCUT2D eigenvalue weighted by Crippen LogP contribution is 2.31. The molecule has 0 atom stereocenters. The van der Waals surface area contributed by atoms with Gasteiger partial charge >= 0.3 is 5.97 Å². The van der Waals surface area contributed by atoms with Gasteiger partial charge in [-0.2, -0.15) is 0 Å². The van der Waals surface area contributed by atoms with E-state index in [0.29, 0.717) is 5.56 Å². The van der Waals surface area contributed by atoms with Crippen LogP contribution in [-0.4, -0.2) is 11.1 Å². The molecule has 88 valence electrons. The van der Waals surface area contributed by atoms with Gasteiger partial charge in [-0.1, -0.05) is 51.1 Å². The molecule has 2 aromatic rings. The number of fused-ring (bicyclic) bond motifs is 1. The van der Waals surface area contributed by atoms with Crippen LogP contribution in [0.4, 0.5) is 0 Å². The van der Waals surface area contributed by atoms with E-state index in [-0.39, 0.29) is 5.41 Å². The van der Waals surface area contributed by atoms with Crippen molar-refractivity contribution in [3.05, 3.63) is 47.5 Å². The highest BCUT2D eigenvalue weighted by atomic mass is 16.4. The molecule has 0 aromatic heterocycles. The Balaban J connectivity index is 2.85. The second-order valence-corrected chi connectivity index (χ2v) is 5.26. The predicted octanol–water partition coefficient (Wildman–Crippen LogP) is 3.84. The summed E-state index contributed by atoms with van der Waals surface area (Å²) in [6.07, 6.45) is 0. The third kappa shape index (κ3) is 2.03. The molecule has 2 heteroatoms. The quantitative estimate of drug-likeness (QED) is 0.805. The highest BCUT2D eigenvalue weighted by molar-refractivity contribution is 6.04. The Hall–Kier alpha value is -1.83. The number of carboxylic acids is 1. The molecular weight excluding hydrogens is 212 g/mol. The lowest BCUT2D eigenvalue weighted by atomic mass is 9.83. The van der Waals surface area contributed by atoms with Gasteiger partial charge in [-0.25, -0.2) is 4.79 Å². The minimum absolute atomic E-state index is 0.0106. The Labute approximate surface area is 101 Å². The highest BCUT2D eigenvalue weighted by Gasteiger charge is 2.19. The van der Waals surface area contributed by atoms with Gasteiger partial charge in [0.1, 0.15) is 0 Å². The van der Waals surface area contributed by atoms with E-state index in [4.69, 9.17) is 0 Å². The Morgan fingerprint density at radius 1 is 1.00 bits per heavy atom. The standard InChI is InChI=1S/C15H16O2/c1-15(2,3)13-9-8-12(14(16)17)10-6-4-5-7-11(10)13/h4-9H,1-3H3,(H,16,17). The molecule has 0 bridgehead atoms. The number of hydrogen-bond donors (Lipinski definition) is 1. The summed E-state index contributed by atoms with van der Waals surface area (Å²) in [7, 11) is 0. The molecule has 0 aliphatic carbocycles. The van der Waals surface area contributed by atoms with E-state index in [2.05, 4.69) is 20.8 Å². The van der Waals surface area contributed by atoms with E-state index in [1.807, 2.05) is 30.3 Å². The molecule has 2 aromatic carbocycles. The summed E-state index contributed by atoms with van der Waals surface area (Å²) in [6.45, 7) is 6.40. The second-order valence-electron chi connectivity index (χ2n) is 5.26. The van der Waals surface area contributed by atoms with Crippen LogP contribution in [0.3, 0.4) is 0 Å². The fraction of sp³-hybridized carbons (Fsp3) is 0.267. The predicted molar refractivity (Wildman–Crippen MR) is 69.6 cm³/mol. The topological polar surface area (TPSA) is 37.3 Å². The summed E-state index contributed by atoms with van der Waals surface area (Å²) in [4.78, 5) is 11.2. The maximum atomic E-state index is 11.2. The van der Waals surface area contributed by atoms with Crippen molar-refractivity contribution in [1.82, 2.24) is 0 Å². The van der Waals surface area contributed by atoms with E-state index < -0.39 is 5.97 Å². The molecule has 0 amide bonds. The first-order chi connectivity index (χ1) is 7.91. The van der Waals surface area contributed by atoms with Gasteiger partial charge in [-0.05, 0) is 27.8 Å². The zero-order chi connectivity index (χ0) is 12.6. The average Bonchev–Trinajstić information content (AvgIpc) is 2.26. The van der Waals surface area contributed by atoms with Crippen LogP contribution in [0, 0.1) is 0 Å². The van der Waals surface area contributed by atoms with Gasteiger partial charge in [0.05, 0.1) is 5.56 Å². The normalized spacial score (nSPS) is 11.7. The molecule has 2 rings (SSSR count). The molecule has 1 N–H and O–H groups in total. The zero-order valence-corrected chi connectivity index (χ0v) is 10.3. The molecule has 17 heavy (non-hydrogen) atoms. The van der Waals surface area contributed by atoms with Crippen LogP contribution in [0.2, 0.25) is 0 Å². The lowest BCUT2D eigenvalue weighted by Crippen LogP contribution is -2.12. The monoisotopic (exact) mass is 228 g/mol. The fourth-order valence-corrected chi connectivity index (χ4v) is 2.14. The SMILES string of the molecule is CC(C)(C)c1ccc(C(=O)O)c2ccccc12. The Kier molecular flexibility index (Phi) is 2.66. The summed E-state index contributed by atoms with van der Waals surface area (Å²) in [5, 5.41) is 11.0. The molecule has 0 radical (unpaired) electrons. The van der Waals surface area contributed by atoms with Gasteiger partial charge in [0, 0.05) is 0 Å². The van der Waals surface area contributed by atoms with Crippen LogP contribution in [0.25, 0.3) is 10.8 Å². The maximum absolute atomic E-state index is 11.2. The third-order valence-electron chi connectivity index (χ3n) is 2.96. The minimum Gasteiger partial charge on any atom is -0.478 e. The van der Waals surface area contributed by atoms with Crippen LogP contribution in [-0.2, 0) is 5.41 Å². The van der Waals surface area contributed by atoms with Crippen LogP contribution in [0.15, 0.2) is 36.4 Å². The van der Waals surface area contributed by atoms with E-state index in [1.165, 1.54) is 5.56 Å². The summed E-state index contributed by atoms with van der Waals surface area (Å²) in [5.74, 6) is -0.873. The van der Waals surface area contributed by atoms with Crippen molar-refractivity contribution in [3.63, 3.8) is 0 Å². The van der Waals surface area contributed by atoms with E-state index in [9.17, 15) is 9.90 Å². The van der Waals surface area contributed by atoms with Crippen molar-refractivity contribution in [2.45, 2.75) is 26.2 Å². The van der Waals surface area contributed by atoms with E-state index >= 15 is 0 Å². The van der Waals surface area contributed by atoms with Crippen molar-refractivity contribution in [3.8, 4) is 0 Å². The molecule has 0 saturated carbocycles. The number of carbonyl (C=O) groups is 1.